The number of fused-ring (bicyclic) bond motifs is 1. The lowest BCUT2D eigenvalue weighted by atomic mass is 9.95. The normalized spacial score (nSPS) is 17.4. The van der Waals surface area contributed by atoms with Crippen molar-refractivity contribution in [1.29, 1.82) is 0 Å². The lowest BCUT2D eigenvalue weighted by molar-refractivity contribution is 0.0694. The number of aromatic nitrogens is 1. The first-order chi connectivity index (χ1) is 13.4. The van der Waals surface area contributed by atoms with Crippen LogP contribution in [0.2, 0.25) is 0 Å². The number of hydrogen-bond donors (Lipinski definition) is 2. The second kappa shape index (κ2) is 8.32. The molecule has 2 N–H and O–H groups in total. The van der Waals surface area contributed by atoms with Crippen LogP contribution in [-0.4, -0.2) is 42.2 Å². The number of piperidine rings is 1. The molecular weight excluding hydrogens is 397 g/mol. The lowest BCUT2D eigenvalue weighted by Crippen LogP contribution is -2.38. The summed E-state index contributed by atoms with van der Waals surface area (Å²) >= 11 is 0. The van der Waals surface area contributed by atoms with Gasteiger partial charge >= 0.3 is 5.97 Å². The molecule has 2 aromatic rings. The van der Waals surface area contributed by atoms with Crippen LogP contribution in [0.3, 0.4) is 0 Å². The minimum atomic E-state index is -1.27. The summed E-state index contributed by atoms with van der Waals surface area (Å²) in [6.45, 7) is 4.36. The molecule has 1 aliphatic heterocycles. The quantitative estimate of drug-likeness (QED) is 0.772. The molecule has 6 nitrogen and oxygen atoms in total. The highest BCUT2D eigenvalue weighted by Crippen LogP contribution is 2.44. The first-order valence-corrected chi connectivity index (χ1v) is 9.93. The largest absolute Gasteiger partial charge is 0.477 e. The van der Waals surface area contributed by atoms with Crippen LogP contribution in [0, 0.1) is 18.7 Å². The van der Waals surface area contributed by atoms with Crippen LogP contribution in [0.15, 0.2) is 17.1 Å². The molecule has 29 heavy (non-hydrogen) atoms. The molecule has 4 rings (SSSR count). The summed E-state index contributed by atoms with van der Waals surface area (Å²) in [6.07, 6.45) is 5.09. The number of aryl methyl sites for hydroxylation is 1. The van der Waals surface area contributed by atoms with Crippen LogP contribution >= 0.6 is 12.4 Å². The van der Waals surface area contributed by atoms with Crippen molar-refractivity contribution in [2.45, 2.75) is 38.5 Å². The molecule has 2 aromatic heterocycles. The van der Waals surface area contributed by atoms with Crippen LogP contribution in [-0.2, 0) is 0 Å². The van der Waals surface area contributed by atoms with E-state index in [-0.39, 0.29) is 23.9 Å². The number of aromatic carboxylic acids is 1. The summed E-state index contributed by atoms with van der Waals surface area (Å²) in [6, 6.07) is 1.51. The molecule has 2 fully saturated rings. The number of hydrogen-bond acceptors (Lipinski definition) is 4. The van der Waals surface area contributed by atoms with Gasteiger partial charge in [-0.05, 0) is 75.2 Å². The minimum Gasteiger partial charge on any atom is -0.477 e. The van der Waals surface area contributed by atoms with Crippen LogP contribution in [0.5, 0.6) is 0 Å². The van der Waals surface area contributed by atoms with Gasteiger partial charge in [0.1, 0.15) is 5.56 Å². The van der Waals surface area contributed by atoms with Crippen molar-refractivity contribution in [3.63, 3.8) is 0 Å². The molecule has 0 unspecified atom stereocenters. The van der Waals surface area contributed by atoms with Gasteiger partial charge in [0, 0.05) is 13.1 Å². The molecule has 8 heteroatoms. The second-order valence-electron chi connectivity index (χ2n) is 8.06. The molecular formula is C21H27ClFN3O3. The Morgan fingerprint density at radius 1 is 1.28 bits per heavy atom. The Morgan fingerprint density at radius 3 is 2.48 bits per heavy atom. The highest BCUT2D eigenvalue weighted by Gasteiger charge is 2.31. The molecule has 0 amide bonds. The van der Waals surface area contributed by atoms with E-state index in [1.807, 2.05) is 14.0 Å². The SMILES string of the molecule is CNCC1CCN(c2c(F)cn3c(=O)c(C(=O)O)cc(C4CC4)c3c2C)CC1.Cl. The number of rotatable bonds is 5. The highest BCUT2D eigenvalue weighted by molar-refractivity contribution is 5.89. The zero-order valence-electron chi connectivity index (χ0n) is 16.7. The lowest BCUT2D eigenvalue weighted by Gasteiger charge is -2.35. The van der Waals surface area contributed by atoms with Gasteiger partial charge in [0.25, 0.3) is 5.56 Å². The Kier molecular flexibility index (Phi) is 6.19. The standard InChI is InChI=1S/C21H26FN3O3.ClH/c1-12-18-15(14-3-4-14)9-16(21(27)28)20(26)25(18)11-17(22)19(12)24-7-5-13(6-8-24)10-23-2;/h9,11,13-14,23H,3-8,10H2,1-2H3,(H,27,28);1H. The van der Waals surface area contributed by atoms with Gasteiger partial charge in [-0.3, -0.25) is 9.20 Å². The number of carbonyl (C=O) groups is 1. The molecule has 1 aliphatic carbocycles. The number of carboxylic acid groups (broad SMARTS) is 1. The van der Waals surface area contributed by atoms with Crippen molar-refractivity contribution < 1.29 is 14.3 Å². The minimum absolute atomic E-state index is 0. The van der Waals surface area contributed by atoms with Crippen LogP contribution < -0.4 is 15.8 Å². The maximum absolute atomic E-state index is 15.1. The van der Waals surface area contributed by atoms with Gasteiger partial charge < -0.3 is 15.3 Å². The molecule has 0 atom stereocenters. The van der Waals surface area contributed by atoms with E-state index in [0.29, 0.717) is 17.1 Å². The molecule has 1 saturated carbocycles. The van der Waals surface area contributed by atoms with E-state index in [1.54, 1.807) is 0 Å². The molecule has 158 valence electrons. The Labute approximate surface area is 175 Å². The van der Waals surface area contributed by atoms with Crippen molar-refractivity contribution >= 4 is 29.6 Å². The monoisotopic (exact) mass is 423 g/mol. The van der Waals surface area contributed by atoms with Crippen LogP contribution in [0.4, 0.5) is 10.1 Å². The number of nitrogens with one attached hydrogen (secondary N) is 1. The maximum atomic E-state index is 15.1. The van der Waals surface area contributed by atoms with Crippen LogP contribution in [0.25, 0.3) is 5.52 Å². The fourth-order valence-electron chi connectivity index (χ4n) is 4.54. The Balaban J connectivity index is 0.00000240. The fourth-order valence-corrected chi connectivity index (χ4v) is 4.54. The third-order valence-electron chi connectivity index (χ3n) is 6.11. The zero-order chi connectivity index (χ0) is 20.0. The molecule has 0 radical (unpaired) electrons. The summed E-state index contributed by atoms with van der Waals surface area (Å²) in [7, 11) is 1.95. The van der Waals surface area contributed by atoms with Gasteiger partial charge in [0.15, 0.2) is 5.82 Å². The van der Waals surface area contributed by atoms with Gasteiger partial charge in [0.05, 0.1) is 17.4 Å². The third-order valence-corrected chi connectivity index (χ3v) is 6.11. The Hall–Kier alpha value is -2.12. The van der Waals surface area contributed by atoms with Gasteiger partial charge in [-0.15, -0.1) is 12.4 Å². The molecule has 0 aromatic carbocycles. The van der Waals surface area contributed by atoms with E-state index in [1.165, 1.54) is 16.7 Å². The van der Waals surface area contributed by atoms with Crippen molar-refractivity contribution in [1.82, 2.24) is 9.72 Å². The average molecular weight is 424 g/mol. The highest BCUT2D eigenvalue weighted by atomic mass is 35.5. The third kappa shape index (κ3) is 3.85. The predicted octanol–water partition coefficient (Wildman–Crippen LogP) is 3.18. The number of nitrogens with zero attached hydrogens (tertiary/aromatic N) is 2. The first kappa shape index (κ1) is 21.6. The van der Waals surface area contributed by atoms with E-state index in [0.717, 1.165) is 56.4 Å². The van der Waals surface area contributed by atoms with Gasteiger partial charge in [-0.1, -0.05) is 0 Å². The summed E-state index contributed by atoms with van der Waals surface area (Å²) in [5.41, 5.74) is 1.83. The maximum Gasteiger partial charge on any atom is 0.341 e. The zero-order valence-corrected chi connectivity index (χ0v) is 17.5. The number of pyridine rings is 2. The topological polar surface area (TPSA) is 74.0 Å². The summed E-state index contributed by atoms with van der Waals surface area (Å²) in [5.74, 6) is -0.904. The van der Waals surface area contributed by atoms with E-state index in [2.05, 4.69) is 10.2 Å². The summed E-state index contributed by atoms with van der Waals surface area (Å²) < 4.78 is 16.3. The van der Waals surface area contributed by atoms with Crippen molar-refractivity contribution in [2.24, 2.45) is 5.92 Å². The van der Waals surface area contributed by atoms with Crippen molar-refractivity contribution in [3.8, 4) is 0 Å². The van der Waals surface area contributed by atoms with Crippen molar-refractivity contribution in [3.05, 3.63) is 45.1 Å². The summed E-state index contributed by atoms with van der Waals surface area (Å²) in [4.78, 5) is 26.2. The summed E-state index contributed by atoms with van der Waals surface area (Å²) in [5, 5.41) is 12.6. The number of carboxylic acids is 1. The Morgan fingerprint density at radius 2 is 1.93 bits per heavy atom. The number of halogens is 2. The smallest absolute Gasteiger partial charge is 0.341 e. The van der Waals surface area contributed by atoms with E-state index in [4.69, 9.17) is 0 Å². The predicted molar refractivity (Wildman–Crippen MR) is 113 cm³/mol. The molecule has 3 heterocycles. The van der Waals surface area contributed by atoms with E-state index in [9.17, 15) is 14.7 Å². The van der Waals surface area contributed by atoms with Gasteiger partial charge in [-0.25, -0.2) is 9.18 Å². The average Bonchev–Trinajstić information content (AvgIpc) is 3.49. The van der Waals surface area contributed by atoms with E-state index >= 15 is 4.39 Å². The molecule has 0 bridgehead atoms. The second-order valence-corrected chi connectivity index (χ2v) is 8.06. The van der Waals surface area contributed by atoms with Gasteiger partial charge in [0.2, 0.25) is 0 Å². The fraction of sp³-hybridized carbons (Fsp3) is 0.524. The van der Waals surface area contributed by atoms with Crippen LogP contribution in [0.1, 0.15) is 53.1 Å². The van der Waals surface area contributed by atoms with Crippen molar-refractivity contribution in [2.75, 3.05) is 31.6 Å². The molecule has 1 saturated heterocycles. The molecule has 2 aliphatic rings. The van der Waals surface area contributed by atoms with Gasteiger partial charge in [-0.2, -0.15) is 0 Å². The van der Waals surface area contributed by atoms with E-state index < -0.39 is 17.3 Å². The molecule has 0 spiro atoms. The Bertz CT molecular complexity index is 995. The first-order valence-electron chi connectivity index (χ1n) is 9.93. The number of anilines is 1.